The van der Waals surface area contributed by atoms with Crippen LogP contribution in [-0.4, -0.2) is 23.4 Å². The number of ether oxygens (including phenoxy) is 2. The minimum absolute atomic E-state index is 0.126. The molecule has 0 bridgehead atoms. The van der Waals surface area contributed by atoms with Crippen LogP contribution in [0, 0.1) is 0 Å². The largest absolute Gasteiger partial charge is 0.460 e. The van der Waals surface area contributed by atoms with Crippen LogP contribution in [0.3, 0.4) is 0 Å². The number of benzene rings is 1. The number of hydrogen-bond donors (Lipinski definition) is 0. The van der Waals surface area contributed by atoms with Gasteiger partial charge in [0.25, 0.3) is 0 Å². The van der Waals surface area contributed by atoms with Crippen LogP contribution in [0.15, 0.2) is 30.4 Å². The number of halogens is 4. The zero-order valence-electron chi connectivity index (χ0n) is 9.82. The van der Waals surface area contributed by atoms with Crippen LogP contribution in [0.5, 0.6) is 5.75 Å². The van der Waals surface area contributed by atoms with Gasteiger partial charge in [0.05, 0.1) is 5.02 Å². The van der Waals surface area contributed by atoms with Crippen LogP contribution in [0.2, 0.25) is 10.0 Å². The van der Waals surface area contributed by atoms with Crippen LogP contribution in [0.25, 0.3) is 0 Å². The Balaban J connectivity index is 2.53. The molecule has 0 saturated carbocycles. The molecule has 0 aromatic heterocycles. The van der Waals surface area contributed by atoms with Crippen molar-refractivity contribution in [2.45, 2.75) is 4.84 Å². The van der Waals surface area contributed by atoms with Gasteiger partial charge in [0, 0.05) is 17.2 Å². The molecule has 0 aliphatic carbocycles. The zero-order valence-corrected chi connectivity index (χ0v) is 12.8. The minimum atomic E-state index is -0.827. The number of alkyl halides is 2. The van der Waals surface area contributed by atoms with E-state index >= 15 is 0 Å². The van der Waals surface area contributed by atoms with Crippen molar-refractivity contribution in [2.24, 2.45) is 0 Å². The van der Waals surface area contributed by atoms with E-state index < -0.39 is 16.8 Å². The van der Waals surface area contributed by atoms with Crippen molar-refractivity contribution in [2.75, 3.05) is 6.61 Å². The third kappa shape index (κ3) is 6.48. The molecule has 0 spiro atoms. The van der Waals surface area contributed by atoms with Gasteiger partial charge in [-0.3, -0.25) is 0 Å². The summed E-state index contributed by atoms with van der Waals surface area (Å²) in [6.45, 7) is -0.176. The van der Waals surface area contributed by atoms with Gasteiger partial charge in [0.15, 0.2) is 0 Å². The molecule has 8 heteroatoms. The first-order valence-electron chi connectivity index (χ1n) is 5.18. The number of hydrogen-bond acceptors (Lipinski definition) is 4. The average Bonchev–Trinajstić information content (AvgIpc) is 2.37. The lowest BCUT2D eigenvalue weighted by atomic mass is 10.3. The van der Waals surface area contributed by atoms with Gasteiger partial charge in [-0.05, 0) is 18.2 Å². The smallest absolute Gasteiger partial charge is 0.336 e. The van der Waals surface area contributed by atoms with E-state index in [9.17, 15) is 9.59 Å². The van der Waals surface area contributed by atoms with Gasteiger partial charge < -0.3 is 9.47 Å². The summed E-state index contributed by atoms with van der Waals surface area (Å²) < 4.78 is 9.50. The molecule has 4 nitrogen and oxygen atoms in total. The highest BCUT2D eigenvalue weighted by molar-refractivity contribution is 6.44. The fourth-order valence-electron chi connectivity index (χ4n) is 1.03. The Morgan fingerprint density at radius 3 is 2.40 bits per heavy atom. The summed E-state index contributed by atoms with van der Waals surface area (Å²) in [6.07, 6.45) is 1.78. The zero-order chi connectivity index (χ0) is 15.1. The van der Waals surface area contributed by atoms with E-state index in [1.54, 1.807) is 0 Å². The molecular weight excluding hydrogens is 350 g/mol. The Hall–Kier alpha value is -0.940. The van der Waals surface area contributed by atoms with Gasteiger partial charge in [-0.25, -0.2) is 9.59 Å². The van der Waals surface area contributed by atoms with Crippen LogP contribution in [0.4, 0.5) is 0 Å². The fraction of sp³-hybridized carbons (Fsp3) is 0.167. The second-order valence-corrected chi connectivity index (χ2v) is 5.47. The monoisotopic (exact) mass is 356 g/mol. The van der Waals surface area contributed by atoms with Gasteiger partial charge >= 0.3 is 11.9 Å². The summed E-state index contributed by atoms with van der Waals surface area (Å²) in [5.41, 5.74) is 0. The first-order chi connectivity index (χ1) is 9.38. The summed E-state index contributed by atoms with van der Waals surface area (Å²) in [6, 6.07) is 4.36. The molecule has 1 rings (SSSR count). The van der Waals surface area contributed by atoms with Crippen molar-refractivity contribution < 1.29 is 19.1 Å². The van der Waals surface area contributed by atoms with Crippen LogP contribution in [0.1, 0.15) is 0 Å². The van der Waals surface area contributed by atoms with Crippen molar-refractivity contribution in [3.8, 4) is 5.75 Å². The molecule has 0 unspecified atom stereocenters. The highest BCUT2D eigenvalue weighted by Gasteiger charge is 2.08. The predicted molar refractivity (Wildman–Crippen MR) is 77.7 cm³/mol. The topological polar surface area (TPSA) is 52.6 Å². The summed E-state index contributed by atoms with van der Waals surface area (Å²) >= 11 is 22.2. The molecule has 20 heavy (non-hydrogen) atoms. The van der Waals surface area contributed by atoms with Crippen molar-refractivity contribution in [3.63, 3.8) is 0 Å². The Morgan fingerprint density at radius 1 is 1.15 bits per heavy atom. The van der Waals surface area contributed by atoms with Crippen LogP contribution in [-0.2, 0) is 14.3 Å². The number of rotatable bonds is 5. The lowest BCUT2D eigenvalue weighted by Gasteiger charge is -2.04. The normalized spacial score (nSPS) is 10.8. The molecule has 1 aromatic carbocycles. The number of esters is 2. The number of carbonyl (C=O) groups is 2. The van der Waals surface area contributed by atoms with E-state index in [1.807, 2.05) is 0 Å². The minimum Gasteiger partial charge on any atom is -0.460 e. The van der Waals surface area contributed by atoms with Crippen LogP contribution >= 0.6 is 46.4 Å². The summed E-state index contributed by atoms with van der Waals surface area (Å²) in [5, 5.41) is 0.583. The predicted octanol–water partition coefficient (Wildman–Crippen LogP) is 3.80. The van der Waals surface area contributed by atoms with E-state index in [0.29, 0.717) is 5.02 Å². The maximum atomic E-state index is 11.4. The van der Waals surface area contributed by atoms with Crippen molar-refractivity contribution >= 4 is 58.3 Å². The van der Waals surface area contributed by atoms with Gasteiger partial charge in [-0.2, -0.15) is 0 Å². The molecule has 0 radical (unpaired) electrons. The van der Waals surface area contributed by atoms with E-state index in [1.165, 1.54) is 18.2 Å². The summed E-state index contributed by atoms with van der Waals surface area (Å²) in [4.78, 5) is 21.7. The second-order valence-electron chi connectivity index (χ2n) is 3.35. The SMILES string of the molecule is O=C(/C=C/C(=O)Oc1ccc(Cl)cc1Cl)OCC(Cl)Cl. The molecule has 0 saturated heterocycles. The molecule has 0 amide bonds. The molecule has 0 aliphatic rings. The van der Waals surface area contributed by atoms with E-state index in [2.05, 4.69) is 4.74 Å². The molecule has 0 N–H and O–H groups in total. The highest BCUT2D eigenvalue weighted by Crippen LogP contribution is 2.27. The highest BCUT2D eigenvalue weighted by atomic mass is 35.5. The molecule has 0 heterocycles. The summed E-state index contributed by atoms with van der Waals surface area (Å²) in [5.74, 6) is -1.43. The van der Waals surface area contributed by atoms with Gasteiger partial charge in [0.1, 0.15) is 17.2 Å². The summed E-state index contributed by atoms with van der Waals surface area (Å²) in [7, 11) is 0. The molecule has 0 atom stereocenters. The molecular formula is C12H8Cl4O4. The van der Waals surface area contributed by atoms with E-state index in [0.717, 1.165) is 12.2 Å². The van der Waals surface area contributed by atoms with Gasteiger partial charge in [-0.15, -0.1) is 23.2 Å². The van der Waals surface area contributed by atoms with Gasteiger partial charge in [0.2, 0.25) is 0 Å². The van der Waals surface area contributed by atoms with Crippen LogP contribution < -0.4 is 4.74 Å². The maximum absolute atomic E-state index is 11.4. The third-order valence-corrected chi connectivity index (χ3v) is 2.59. The lowest BCUT2D eigenvalue weighted by molar-refractivity contribution is -0.138. The van der Waals surface area contributed by atoms with E-state index in [-0.39, 0.29) is 17.4 Å². The quantitative estimate of drug-likeness (QED) is 0.348. The number of carbonyl (C=O) groups excluding carboxylic acids is 2. The first-order valence-corrected chi connectivity index (χ1v) is 6.81. The Bertz CT molecular complexity index is 528. The fourth-order valence-corrected chi connectivity index (χ4v) is 1.60. The standard InChI is InChI=1S/C12H8Cl4O4/c13-7-1-2-9(8(14)5-7)20-12(18)4-3-11(17)19-6-10(15)16/h1-5,10H,6H2/b4-3+. The Labute approximate surface area is 135 Å². The molecule has 1 aromatic rings. The van der Waals surface area contributed by atoms with Crippen molar-refractivity contribution in [1.29, 1.82) is 0 Å². The molecule has 108 valence electrons. The Morgan fingerprint density at radius 2 is 1.80 bits per heavy atom. The average molecular weight is 358 g/mol. The van der Waals surface area contributed by atoms with Crippen molar-refractivity contribution in [3.05, 3.63) is 40.4 Å². The Kier molecular flexibility index (Phi) is 7.16. The van der Waals surface area contributed by atoms with Crippen molar-refractivity contribution in [1.82, 2.24) is 0 Å². The maximum Gasteiger partial charge on any atom is 0.336 e. The lowest BCUT2D eigenvalue weighted by Crippen LogP contribution is -2.09. The van der Waals surface area contributed by atoms with Gasteiger partial charge in [-0.1, -0.05) is 23.2 Å². The molecule has 0 aliphatic heterocycles. The third-order valence-electron chi connectivity index (χ3n) is 1.81. The first kappa shape index (κ1) is 17.1. The second kappa shape index (κ2) is 8.37. The molecule has 0 fully saturated rings. The van der Waals surface area contributed by atoms with E-state index in [4.69, 9.17) is 51.1 Å².